The number of thioether (sulfide) groups is 1. The average molecular weight is 607 g/mol. The fourth-order valence-electron chi connectivity index (χ4n) is 4.27. The van der Waals surface area contributed by atoms with E-state index in [0.29, 0.717) is 16.7 Å². The Bertz CT molecular complexity index is 1280. The van der Waals surface area contributed by atoms with Gasteiger partial charge in [0, 0.05) is 34.7 Å². The van der Waals surface area contributed by atoms with Gasteiger partial charge in [-0.2, -0.15) is 0 Å². The molecule has 1 saturated heterocycles. The second-order valence-corrected chi connectivity index (χ2v) is 11.9. The van der Waals surface area contributed by atoms with Crippen molar-refractivity contribution in [3.05, 3.63) is 35.7 Å². The van der Waals surface area contributed by atoms with Crippen molar-refractivity contribution in [1.82, 2.24) is 20.1 Å². The highest BCUT2D eigenvalue weighted by Crippen LogP contribution is 2.35. The lowest BCUT2D eigenvalue weighted by Gasteiger charge is -2.44. The van der Waals surface area contributed by atoms with E-state index >= 15 is 0 Å². The number of carbonyl (C=O) groups excluding carboxylic acids is 4. The number of aromatic nitrogens is 3. The van der Waals surface area contributed by atoms with E-state index in [1.807, 2.05) is 24.3 Å². The molecular formula is C28H38N4O9S. The SMILES string of the molecule is CC(=O)N[C@@H]1[C@@H](OC(C)=O)[C@H](OC(C)=O)[C@H](COC(C)=O)O[C@@H]1Sc1nnc(COc2ccc(C(C)(C)C)cc2)n1C. The molecule has 0 aliphatic carbocycles. The predicted octanol–water partition coefficient (Wildman–Crippen LogP) is 2.44. The molecule has 2 heterocycles. The summed E-state index contributed by atoms with van der Waals surface area (Å²) < 4.78 is 30.0. The van der Waals surface area contributed by atoms with Crippen LogP contribution in [0.1, 0.15) is 59.9 Å². The third-order valence-electron chi connectivity index (χ3n) is 6.31. The van der Waals surface area contributed by atoms with Gasteiger partial charge in [-0.15, -0.1) is 10.2 Å². The first kappa shape index (κ1) is 32.9. The molecule has 230 valence electrons. The summed E-state index contributed by atoms with van der Waals surface area (Å²) in [5.74, 6) is -1.16. The zero-order chi connectivity index (χ0) is 31.2. The van der Waals surface area contributed by atoms with E-state index in [1.54, 1.807) is 11.6 Å². The third kappa shape index (κ3) is 8.92. The fourth-order valence-corrected chi connectivity index (χ4v) is 5.39. The van der Waals surface area contributed by atoms with Gasteiger partial charge >= 0.3 is 17.9 Å². The largest absolute Gasteiger partial charge is 0.486 e. The van der Waals surface area contributed by atoms with Crippen LogP contribution in [0.4, 0.5) is 0 Å². The van der Waals surface area contributed by atoms with E-state index in [1.165, 1.54) is 33.3 Å². The number of amides is 1. The number of hydrogen-bond acceptors (Lipinski definition) is 12. The molecule has 1 fully saturated rings. The van der Waals surface area contributed by atoms with Gasteiger partial charge in [-0.1, -0.05) is 44.7 Å². The first-order valence-electron chi connectivity index (χ1n) is 13.3. The van der Waals surface area contributed by atoms with Crippen molar-refractivity contribution in [2.45, 2.75) is 95.4 Å². The highest BCUT2D eigenvalue weighted by molar-refractivity contribution is 7.99. The molecular weight excluding hydrogens is 568 g/mol. The van der Waals surface area contributed by atoms with Gasteiger partial charge in [0.1, 0.15) is 36.5 Å². The molecule has 2 aromatic rings. The standard InChI is InChI=1S/C28H38N4O9S/c1-15(33)29-23-25(40-18(4)36)24(39-17(3)35)21(13-37-16(2)34)41-26(23)42-27-31-30-22(32(27)8)14-38-20-11-9-19(10-12-20)28(5,6)7/h9-12,21,23-26H,13-14H2,1-8H3,(H,29,33)/t21-,23+,24+,25+,26+/m0/s1. The maximum Gasteiger partial charge on any atom is 0.303 e. The molecule has 0 spiro atoms. The smallest absolute Gasteiger partial charge is 0.303 e. The maximum atomic E-state index is 12.2. The summed E-state index contributed by atoms with van der Waals surface area (Å²) in [6, 6.07) is 6.87. The van der Waals surface area contributed by atoms with Crippen molar-refractivity contribution in [2.24, 2.45) is 7.05 Å². The van der Waals surface area contributed by atoms with Crippen LogP contribution >= 0.6 is 11.8 Å². The van der Waals surface area contributed by atoms with E-state index in [-0.39, 0.29) is 18.6 Å². The molecule has 3 rings (SSSR count). The first-order valence-corrected chi connectivity index (χ1v) is 14.2. The van der Waals surface area contributed by atoms with Gasteiger partial charge in [-0.3, -0.25) is 19.2 Å². The summed E-state index contributed by atoms with van der Waals surface area (Å²) in [7, 11) is 1.75. The number of ether oxygens (including phenoxy) is 5. The Morgan fingerprint density at radius 2 is 1.57 bits per heavy atom. The van der Waals surface area contributed by atoms with E-state index in [9.17, 15) is 19.2 Å². The van der Waals surface area contributed by atoms with Gasteiger partial charge in [0.15, 0.2) is 23.2 Å². The van der Waals surface area contributed by atoms with Crippen molar-refractivity contribution >= 4 is 35.6 Å². The van der Waals surface area contributed by atoms with Crippen molar-refractivity contribution in [3.63, 3.8) is 0 Å². The van der Waals surface area contributed by atoms with Crippen LogP contribution in [-0.4, -0.2) is 75.0 Å². The second-order valence-electron chi connectivity index (χ2n) is 10.9. The average Bonchev–Trinajstić information content (AvgIpc) is 3.22. The number of nitrogens with one attached hydrogen (secondary N) is 1. The summed E-state index contributed by atoms with van der Waals surface area (Å²) in [5.41, 5.74) is 0.296. The molecule has 1 aromatic heterocycles. The van der Waals surface area contributed by atoms with Crippen molar-refractivity contribution in [1.29, 1.82) is 0 Å². The number of benzene rings is 1. The first-order chi connectivity index (χ1) is 19.6. The molecule has 5 atom stereocenters. The van der Waals surface area contributed by atoms with Crippen LogP contribution in [0.3, 0.4) is 0 Å². The van der Waals surface area contributed by atoms with Crippen LogP contribution in [0.2, 0.25) is 0 Å². The summed E-state index contributed by atoms with van der Waals surface area (Å²) in [5, 5.41) is 11.7. The molecule has 13 nitrogen and oxygen atoms in total. The highest BCUT2D eigenvalue weighted by atomic mass is 32.2. The molecule has 14 heteroatoms. The summed E-state index contributed by atoms with van der Waals surface area (Å²) in [6.45, 7) is 11.2. The van der Waals surface area contributed by atoms with E-state index < -0.39 is 53.6 Å². The van der Waals surface area contributed by atoms with Crippen LogP contribution < -0.4 is 10.1 Å². The molecule has 1 aliphatic rings. The Balaban J connectivity index is 1.85. The topological polar surface area (TPSA) is 157 Å². The lowest BCUT2D eigenvalue weighted by atomic mass is 9.87. The van der Waals surface area contributed by atoms with Gasteiger partial charge < -0.3 is 33.6 Å². The molecule has 0 unspecified atom stereocenters. The lowest BCUT2D eigenvalue weighted by Crippen LogP contribution is -2.65. The highest BCUT2D eigenvalue weighted by Gasteiger charge is 2.51. The van der Waals surface area contributed by atoms with Crippen LogP contribution in [0, 0.1) is 0 Å². The number of carbonyl (C=O) groups is 4. The summed E-state index contributed by atoms with van der Waals surface area (Å²) >= 11 is 1.10. The van der Waals surface area contributed by atoms with E-state index in [4.69, 9.17) is 23.7 Å². The zero-order valence-corrected chi connectivity index (χ0v) is 25.9. The van der Waals surface area contributed by atoms with Gasteiger partial charge in [0.05, 0.1) is 0 Å². The fraction of sp³-hybridized carbons (Fsp3) is 0.571. The monoisotopic (exact) mass is 606 g/mol. The zero-order valence-electron chi connectivity index (χ0n) is 25.0. The Morgan fingerprint density at radius 3 is 2.12 bits per heavy atom. The van der Waals surface area contributed by atoms with E-state index in [2.05, 4.69) is 36.3 Å². The number of esters is 3. The maximum absolute atomic E-state index is 12.2. The molecule has 1 aromatic carbocycles. The van der Waals surface area contributed by atoms with Gasteiger partial charge in [0.2, 0.25) is 5.91 Å². The van der Waals surface area contributed by atoms with Crippen molar-refractivity contribution in [2.75, 3.05) is 6.61 Å². The number of rotatable bonds is 10. The Hall–Kier alpha value is -3.65. The normalized spacial score (nSPS) is 22.1. The molecule has 0 saturated carbocycles. The summed E-state index contributed by atoms with van der Waals surface area (Å²) in [6.07, 6.45) is -3.35. The van der Waals surface area contributed by atoms with Crippen molar-refractivity contribution in [3.8, 4) is 5.75 Å². The molecule has 1 amide bonds. The number of hydrogen-bond donors (Lipinski definition) is 1. The van der Waals surface area contributed by atoms with Crippen LogP contribution in [-0.2, 0) is 57.2 Å². The van der Waals surface area contributed by atoms with Crippen LogP contribution in [0.5, 0.6) is 5.75 Å². The van der Waals surface area contributed by atoms with Gasteiger partial charge in [-0.25, -0.2) is 0 Å². The van der Waals surface area contributed by atoms with Crippen LogP contribution in [0.25, 0.3) is 0 Å². The van der Waals surface area contributed by atoms with Crippen LogP contribution in [0.15, 0.2) is 29.4 Å². The van der Waals surface area contributed by atoms with Crippen molar-refractivity contribution < 1.29 is 42.9 Å². The molecule has 42 heavy (non-hydrogen) atoms. The molecule has 0 radical (unpaired) electrons. The Kier molecular flexibility index (Phi) is 11.0. The molecule has 1 aliphatic heterocycles. The molecule has 0 bridgehead atoms. The minimum Gasteiger partial charge on any atom is -0.486 e. The van der Waals surface area contributed by atoms with E-state index in [0.717, 1.165) is 11.8 Å². The molecule has 1 N–H and O–H groups in total. The quantitative estimate of drug-likeness (QED) is 0.312. The van der Waals surface area contributed by atoms with Gasteiger partial charge in [-0.05, 0) is 23.1 Å². The minimum absolute atomic E-state index is 0.0222. The van der Waals surface area contributed by atoms with Gasteiger partial charge in [0.25, 0.3) is 0 Å². The predicted molar refractivity (Wildman–Crippen MR) is 150 cm³/mol. The Morgan fingerprint density at radius 1 is 0.952 bits per heavy atom. The minimum atomic E-state index is -1.17. The summed E-state index contributed by atoms with van der Waals surface area (Å²) in [4.78, 5) is 47.8. The third-order valence-corrected chi connectivity index (χ3v) is 7.51. The Labute approximate surface area is 248 Å². The number of nitrogens with zero attached hydrogens (tertiary/aromatic N) is 3. The second kappa shape index (κ2) is 14.0. The lowest BCUT2D eigenvalue weighted by molar-refractivity contribution is -0.211.